The highest BCUT2D eigenvalue weighted by Gasteiger charge is 2.12. The average molecular weight is 359 g/mol. The van der Waals surface area contributed by atoms with Gasteiger partial charge in [-0.2, -0.15) is 0 Å². The number of nitrogens with zero attached hydrogens (tertiary/aromatic N) is 1. The molecule has 6 heteroatoms. The fourth-order valence-electron chi connectivity index (χ4n) is 1.39. The summed E-state index contributed by atoms with van der Waals surface area (Å²) in [5, 5.41) is 0.450. The Morgan fingerprint density at radius 2 is 2.24 bits per heavy atom. The van der Waals surface area contributed by atoms with Crippen LogP contribution in [0.1, 0.15) is 16.1 Å². The van der Waals surface area contributed by atoms with Gasteiger partial charge in [-0.05, 0) is 12.1 Å². The lowest BCUT2D eigenvalue weighted by Gasteiger charge is -1.97. The lowest BCUT2D eigenvalue weighted by molar-refractivity contribution is 0.100. The van der Waals surface area contributed by atoms with Crippen molar-refractivity contribution < 1.29 is 4.79 Å². The van der Waals surface area contributed by atoms with E-state index in [1.165, 1.54) is 11.3 Å². The van der Waals surface area contributed by atoms with Crippen LogP contribution in [0.25, 0.3) is 10.4 Å². The number of anilines is 1. The van der Waals surface area contributed by atoms with Gasteiger partial charge >= 0.3 is 0 Å². The molecule has 17 heavy (non-hydrogen) atoms. The molecule has 0 unspecified atom stereocenters. The number of halogens is 1. The molecule has 0 aliphatic rings. The fraction of sp³-hybridized carbons (Fsp3) is 0.0909. The van der Waals surface area contributed by atoms with Gasteiger partial charge in [0.05, 0.1) is 16.3 Å². The number of primary amides is 1. The van der Waals surface area contributed by atoms with E-state index in [9.17, 15) is 4.79 Å². The number of thiophene rings is 1. The van der Waals surface area contributed by atoms with Crippen LogP contribution in [0.15, 0.2) is 24.4 Å². The van der Waals surface area contributed by atoms with Crippen molar-refractivity contribution in [2.45, 2.75) is 4.43 Å². The zero-order valence-electron chi connectivity index (χ0n) is 8.81. The summed E-state index contributed by atoms with van der Waals surface area (Å²) >= 11 is 3.60. The Kier molecular flexibility index (Phi) is 3.63. The average Bonchev–Trinajstić information content (AvgIpc) is 2.71. The number of nitrogens with two attached hydrogens (primary N) is 2. The second-order valence-electron chi connectivity index (χ2n) is 3.42. The van der Waals surface area contributed by atoms with Gasteiger partial charge in [0, 0.05) is 21.1 Å². The number of amides is 1. The number of alkyl halides is 1. The fourth-order valence-corrected chi connectivity index (χ4v) is 2.76. The van der Waals surface area contributed by atoms with E-state index in [-0.39, 0.29) is 0 Å². The molecule has 2 rings (SSSR count). The van der Waals surface area contributed by atoms with Crippen LogP contribution in [-0.4, -0.2) is 10.9 Å². The van der Waals surface area contributed by atoms with Crippen molar-refractivity contribution in [1.29, 1.82) is 0 Å². The number of rotatable bonds is 3. The number of aromatic nitrogens is 1. The minimum Gasteiger partial charge on any atom is -0.390 e. The number of carbonyl (C=O) groups is 1. The lowest BCUT2D eigenvalue weighted by Crippen LogP contribution is -2.11. The number of pyridine rings is 1. The largest absolute Gasteiger partial charge is 0.390 e. The van der Waals surface area contributed by atoms with Gasteiger partial charge in [-0.1, -0.05) is 28.7 Å². The molecule has 4 nitrogen and oxygen atoms in total. The van der Waals surface area contributed by atoms with Crippen LogP contribution >= 0.6 is 33.9 Å². The highest BCUT2D eigenvalue weighted by Crippen LogP contribution is 2.32. The molecule has 0 aromatic carbocycles. The molecule has 4 N–H and O–H groups in total. The summed E-state index contributed by atoms with van der Waals surface area (Å²) in [7, 11) is 0. The predicted molar refractivity (Wildman–Crippen MR) is 78.2 cm³/mol. The van der Waals surface area contributed by atoms with E-state index >= 15 is 0 Å². The molecule has 0 fully saturated rings. The Hall–Kier alpha value is -1.15. The molecule has 0 spiro atoms. The van der Waals surface area contributed by atoms with Gasteiger partial charge < -0.3 is 11.5 Å². The maximum absolute atomic E-state index is 11.1. The van der Waals surface area contributed by atoms with Crippen LogP contribution in [0, 0.1) is 0 Å². The molecule has 0 atom stereocenters. The van der Waals surface area contributed by atoms with Crippen molar-refractivity contribution in [3.63, 3.8) is 0 Å². The van der Waals surface area contributed by atoms with Crippen molar-refractivity contribution in [3.05, 3.63) is 35.7 Å². The first-order valence-electron chi connectivity index (χ1n) is 4.82. The normalized spacial score (nSPS) is 10.4. The molecule has 88 valence electrons. The monoisotopic (exact) mass is 359 g/mol. The van der Waals surface area contributed by atoms with E-state index in [0.29, 0.717) is 10.6 Å². The van der Waals surface area contributed by atoms with Gasteiger partial charge in [0.25, 0.3) is 5.91 Å². The standard InChI is InChI=1S/C11H10IN3OS/c12-4-7-2-1-6(5-15-7)9-3-8(10(13)16)11(14)17-9/h1-3,5H,4,14H2,(H2,13,16). The van der Waals surface area contributed by atoms with Gasteiger partial charge in [0.2, 0.25) is 0 Å². The van der Waals surface area contributed by atoms with Crippen LogP contribution in [0.4, 0.5) is 5.00 Å². The Morgan fingerprint density at radius 1 is 1.47 bits per heavy atom. The van der Waals surface area contributed by atoms with Crippen LogP contribution < -0.4 is 11.5 Å². The molecule has 2 aromatic heterocycles. The third-order valence-electron chi connectivity index (χ3n) is 2.27. The van der Waals surface area contributed by atoms with E-state index in [0.717, 1.165) is 20.6 Å². The van der Waals surface area contributed by atoms with E-state index in [2.05, 4.69) is 27.6 Å². The van der Waals surface area contributed by atoms with Crippen LogP contribution in [0.5, 0.6) is 0 Å². The number of nitrogen functional groups attached to an aromatic ring is 1. The molecule has 2 heterocycles. The maximum Gasteiger partial charge on any atom is 0.251 e. The van der Waals surface area contributed by atoms with Crippen molar-refractivity contribution in [2.75, 3.05) is 5.73 Å². The minimum absolute atomic E-state index is 0.378. The third kappa shape index (κ3) is 2.58. The molecular formula is C11H10IN3OS. The molecule has 0 bridgehead atoms. The van der Waals surface area contributed by atoms with Gasteiger partial charge in [-0.3, -0.25) is 9.78 Å². The van der Waals surface area contributed by atoms with Gasteiger partial charge in [0.1, 0.15) is 0 Å². The zero-order valence-corrected chi connectivity index (χ0v) is 11.8. The molecule has 0 aliphatic carbocycles. The van der Waals surface area contributed by atoms with Crippen molar-refractivity contribution in [3.8, 4) is 10.4 Å². The molecule has 0 aliphatic heterocycles. The highest BCUT2D eigenvalue weighted by atomic mass is 127. The van der Waals surface area contributed by atoms with E-state index in [1.807, 2.05) is 12.1 Å². The predicted octanol–water partition coefficient (Wildman–Crippen LogP) is 2.43. The van der Waals surface area contributed by atoms with Crippen LogP contribution in [0.2, 0.25) is 0 Å². The minimum atomic E-state index is -0.498. The summed E-state index contributed by atoms with van der Waals surface area (Å²) in [5.74, 6) is -0.498. The van der Waals surface area contributed by atoms with Gasteiger partial charge in [-0.15, -0.1) is 11.3 Å². The number of hydrogen-bond acceptors (Lipinski definition) is 4. The van der Waals surface area contributed by atoms with E-state index in [4.69, 9.17) is 11.5 Å². The van der Waals surface area contributed by atoms with E-state index in [1.54, 1.807) is 12.3 Å². The quantitative estimate of drug-likeness (QED) is 0.652. The summed E-state index contributed by atoms with van der Waals surface area (Å²) < 4.78 is 0.872. The molecule has 0 saturated heterocycles. The first-order chi connectivity index (χ1) is 8.11. The highest BCUT2D eigenvalue weighted by molar-refractivity contribution is 14.1. The topological polar surface area (TPSA) is 82.0 Å². The second kappa shape index (κ2) is 5.01. The maximum atomic E-state index is 11.1. The summed E-state index contributed by atoms with van der Waals surface area (Å²) in [4.78, 5) is 16.3. The van der Waals surface area contributed by atoms with E-state index < -0.39 is 5.91 Å². The summed E-state index contributed by atoms with van der Waals surface area (Å²) in [6.07, 6.45) is 1.78. The van der Waals surface area contributed by atoms with Gasteiger partial charge in [-0.25, -0.2) is 0 Å². The molecule has 0 radical (unpaired) electrons. The second-order valence-corrected chi connectivity index (χ2v) is 5.27. The van der Waals surface area contributed by atoms with Gasteiger partial charge in [0.15, 0.2) is 0 Å². The smallest absolute Gasteiger partial charge is 0.251 e. The van der Waals surface area contributed by atoms with Crippen LogP contribution in [0.3, 0.4) is 0 Å². The van der Waals surface area contributed by atoms with Crippen molar-refractivity contribution in [2.24, 2.45) is 5.73 Å². The van der Waals surface area contributed by atoms with Crippen molar-refractivity contribution >= 4 is 44.8 Å². The molecule has 1 amide bonds. The molecule has 2 aromatic rings. The Bertz CT molecular complexity index is 550. The van der Waals surface area contributed by atoms with Crippen molar-refractivity contribution in [1.82, 2.24) is 4.98 Å². The SMILES string of the molecule is NC(=O)c1cc(-c2ccc(CI)nc2)sc1N. The third-order valence-corrected chi connectivity index (χ3v) is 4.07. The number of carbonyl (C=O) groups excluding carboxylic acids is 1. The summed E-state index contributed by atoms with van der Waals surface area (Å²) in [6, 6.07) is 5.64. The summed E-state index contributed by atoms with van der Waals surface area (Å²) in [6.45, 7) is 0. The first kappa shape index (κ1) is 12.3. The molecular weight excluding hydrogens is 349 g/mol. The summed E-state index contributed by atoms with van der Waals surface area (Å²) in [5.41, 5.74) is 13.3. The Labute approximate surface area is 116 Å². The lowest BCUT2D eigenvalue weighted by atomic mass is 10.2. The Balaban J connectivity index is 2.39. The Morgan fingerprint density at radius 3 is 2.71 bits per heavy atom. The zero-order chi connectivity index (χ0) is 12.4. The number of hydrogen-bond donors (Lipinski definition) is 2. The molecule has 0 saturated carbocycles. The van der Waals surface area contributed by atoms with Crippen LogP contribution in [-0.2, 0) is 4.43 Å². The first-order valence-corrected chi connectivity index (χ1v) is 7.16.